The molecule has 19 heavy (non-hydrogen) atoms. The highest BCUT2D eigenvalue weighted by Gasteiger charge is 2.10. The number of aromatic hydroxyl groups is 1. The number of phenolic OH excluding ortho intramolecular Hbond substituents is 1. The SMILES string of the molecule is C=CCN(CCc1c[nH]c2ccc(O)cc12)C(C)C. The molecule has 0 saturated carbocycles. The van der Waals surface area contributed by atoms with Crippen LogP contribution in [-0.2, 0) is 6.42 Å². The first-order valence-electron chi connectivity index (χ1n) is 6.75. The van der Waals surface area contributed by atoms with Gasteiger partial charge in [0.2, 0.25) is 0 Å². The molecule has 0 aliphatic carbocycles. The molecule has 2 rings (SSSR count). The van der Waals surface area contributed by atoms with Crippen LogP contribution >= 0.6 is 0 Å². The standard InChI is InChI=1S/C16H22N2O/c1-4-8-18(12(2)3)9-7-13-11-17-16-6-5-14(19)10-15(13)16/h4-6,10-12,17,19H,1,7-9H2,2-3H3. The average Bonchev–Trinajstić information content (AvgIpc) is 2.76. The van der Waals surface area contributed by atoms with Crippen LogP contribution in [0.25, 0.3) is 10.9 Å². The zero-order valence-electron chi connectivity index (χ0n) is 11.7. The Bertz CT molecular complexity index is 557. The summed E-state index contributed by atoms with van der Waals surface area (Å²) in [5.74, 6) is 0.320. The van der Waals surface area contributed by atoms with E-state index in [-0.39, 0.29) is 0 Å². The van der Waals surface area contributed by atoms with E-state index in [1.807, 2.05) is 24.4 Å². The lowest BCUT2D eigenvalue weighted by molar-refractivity contribution is 0.249. The predicted molar refractivity (Wildman–Crippen MR) is 80.6 cm³/mol. The number of hydrogen-bond donors (Lipinski definition) is 2. The van der Waals surface area contributed by atoms with E-state index in [0.717, 1.165) is 30.4 Å². The number of fused-ring (bicyclic) bond motifs is 1. The topological polar surface area (TPSA) is 39.3 Å². The Balaban J connectivity index is 2.12. The molecule has 2 aromatic rings. The Morgan fingerprint density at radius 3 is 2.89 bits per heavy atom. The molecule has 1 heterocycles. The molecule has 0 aliphatic heterocycles. The molecule has 0 amide bonds. The van der Waals surface area contributed by atoms with Gasteiger partial charge >= 0.3 is 0 Å². The van der Waals surface area contributed by atoms with Crippen molar-refractivity contribution in [1.82, 2.24) is 9.88 Å². The maximum atomic E-state index is 9.59. The van der Waals surface area contributed by atoms with Crippen molar-refractivity contribution in [3.8, 4) is 5.75 Å². The van der Waals surface area contributed by atoms with Crippen LogP contribution in [-0.4, -0.2) is 34.1 Å². The second-order valence-electron chi connectivity index (χ2n) is 5.17. The summed E-state index contributed by atoms with van der Waals surface area (Å²) in [7, 11) is 0. The molecule has 3 heteroatoms. The van der Waals surface area contributed by atoms with Crippen molar-refractivity contribution in [2.45, 2.75) is 26.3 Å². The van der Waals surface area contributed by atoms with E-state index in [2.05, 4.69) is 30.3 Å². The minimum absolute atomic E-state index is 0.320. The minimum Gasteiger partial charge on any atom is -0.508 e. The van der Waals surface area contributed by atoms with Crippen LogP contribution in [0.3, 0.4) is 0 Å². The molecule has 0 spiro atoms. The number of nitrogens with one attached hydrogen (secondary N) is 1. The van der Waals surface area contributed by atoms with Gasteiger partial charge in [0.1, 0.15) is 5.75 Å². The largest absolute Gasteiger partial charge is 0.508 e. The normalized spacial score (nSPS) is 11.6. The first kappa shape index (κ1) is 13.7. The molecule has 0 atom stereocenters. The maximum Gasteiger partial charge on any atom is 0.116 e. The van der Waals surface area contributed by atoms with E-state index >= 15 is 0 Å². The maximum absolute atomic E-state index is 9.59. The Labute approximate surface area is 114 Å². The van der Waals surface area contributed by atoms with Crippen molar-refractivity contribution in [3.63, 3.8) is 0 Å². The Morgan fingerprint density at radius 2 is 2.21 bits per heavy atom. The van der Waals surface area contributed by atoms with E-state index in [0.29, 0.717) is 11.8 Å². The molecular formula is C16H22N2O. The molecule has 0 bridgehead atoms. The highest BCUT2D eigenvalue weighted by Crippen LogP contribution is 2.23. The fourth-order valence-corrected chi connectivity index (χ4v) is 2.36. The van der Waals surface area contributed by atoms with Gasteiger partial charge in [-0.05, 0) is 44.0 Å². The lowest BCUT2D eigenvalue weighted by atomic mass is 10.1. The monoisotopic (exact) mass is 258 g/mol. The number of aromatic amines is 1. The van der Waals surface area contributed by atoms with Crippen LogP contribution in [0.1, 0.15) is 19.4 Å². The summed E-state index contributed by atoms with van der Waals surface area (Å²) in [6.45, 7) is 10.1. The van der Waals surface area contributed by atoms with Gasteiger partial charge in [-0.15, -0.1) is 6.58 Å². The third-order valence-electron chi connectivity index (χ3n) is 3.51. The summed E-state index contributed by atoms with van der Waals surface area (Å²) in [5, 5.41) is 10.7. The van der Waals surface area contributed by atoms with Crippen LogP contribution in [0.15, 0.2) is 37.1 Å². The van der Waals surface area contributed by atoms with E-state index in [1.165, 1.54) is 5.56 Å². The van der Waals surface area contributed by atoms with Gasteiger partial charge in [-0.25, -0.2) is 0 Å². The van der Waals surface area contributed by atoms with Crippen molar-refractivity contribution in [1.29, 1.82) is 0 Å². The summed E-state index contributed by atoms with van der Waals surface area (Å²) in [5.41, 5.74) is 2.33. The third-order valence-corrected chi connectivity index (χ3v) is 3.51. The minimum atomic E-state index is 0.320. The molecule has 0 saturated heterocycles. The molecule has 2 N–H and O–H groups in total. The highest BCUT2D eigenvalue weighted by atomic mass is 16.3. The van der Waals surface area contributed by atoms with Gasteiger partial charge in [-0.3, -0.25) is 4.90 Å². The first-order valence-corrected chi connectivity index (χ1v) is 6.75. The van der Waals surface area contributed by atoms with Crippen LogP contribution in [0.4, 0.5) is 0 Å². The molecule has 0 radical (unpaired) electrons. The Morgan fingerprint density at radius 1 is 1.42 bits per heavy atom. The Kier molecular flexibility index (Phi) is 4.27. The van der Waals surface area contributed by atoms with Gasteiger partial charge in [-0.2, -0.15) is 0 Å². The van der Waals surface area contributed by atoms with Crippen LogP contribution in [0.2, 0.25) is 0 Å². The summed E-state index contributed by atoms with van der Waals surface area (Å²) >= 11 is 0. The molecule has 0 unspecified atom stereocenters. The fourth-order valence-electron chi connectivity index (χ4n) is 2.36. The number of nitrogens with zero attached hydrogens (tertiary/aromatic N) is 1. The van der Waals surface area contributed by atoms with Crippen LogP contribution in [0.5, 0.6) is 5.75 Å². The summed E-state index contributed by atoms with van der Waals surface area (Å²) in [6, 6.07) is 5.96. The van der Waals surface area contributed by atoms with E-state index in [4.69, 9.17) is 0 Å². The van der Waals surface area contributed by atoms with E-state index in [9.17, 15) is 5.11 Å². The van der Waals surface area contributed by atoms with Crippen LogP contribution < -0.4 is 0 Å². The fraction of sp³-hybridized carbons (Fsp3) is 0.375. The lowest BCUT2D eigenvalue weighted by Gasteiger charge is -2.24. The molecular weight excluding hydrogens is 236 g/mol. The van der Waals surface area contributed by atoms with Crippen molar-refractivity contribution in [3.05, 3.63) is 42.6 Å². The van der Waals surface area contributed by atoms with Gasteiger partial charge in [-0.1, -0.05) is 6.08 Å². The van der Waals surface area contributed by atoms with Crippen LogP contribution in [0, 0.1) is 0 Å². The smallest absolute Gasteiger partial charge is 0.116 e. The van der Waals surface area contributed by atoms with Crippen molar-refractivity contribution >= 4 is 10.9 Å². The van der Waals surface area contributed by atoms with E-state index in [1.54, 1.807) is 6.07 Å². The number of phenols is 1. The van der Waals surface area contributed by atoms with Gasteiger partial charge < -0.3 is 10.1 Å². The molecule has 102 valence electrons. The van der Waals surface area contributed by atoms with Gasteiger partial charge in [0.05, 0.1) is 0 Å². The van der Waals surface area contributed by atoms with Crippen molar-refractivity contribution in [2.75, 3.05) is 13.1 Å². The molecule has 3 nitrogen and oxygen atoms in total. The predicted octanol–water partition coefficient (Wildman–Crippen LogP) is 3.31. The molecule has 0 fully saturated rings. The molecule has 1 aromatic heterocycles. The number of rotatable bonds is 6. The highest BCUT2D eigenvalue weighted by molar-refractivity contribution is 5.84. The first-order chi connectivity index (χ1) is 9.11. The van der Waals surface area contributed by atoms with E-state index < -0.39 is 0 Å². The van der Waals surface area contributed by atoms with Gasteiger partial charge in [0, 0.05) is 36.2 Å². The summed E-state index contributed by atoms with van der Waals surface area (Å²) in [4.78, 5) is 5.63. The number of hydrogen-bond acceptors (Lipinski definition) is 2. The third kappa shape index (κ3) is 3.18. The number of H-pyrrole nitrogens is 1. The number of aromatic nitrogens is 1. The van der Waals surface area contributed by atoms with Gasteiger partial charge in [0.25, 0.3) is 0 Å². The second kappa shape index (κ2) is 5.93. The molecule has 1 aromatic carbocycles. The van der Waals surface area contributed by atoms with Crippen molar-refractivity contribution < 1.29 is 5.11 Å². The second-order valence-corrected chi connectivity index (χ2v) is 5.17. The van der Waals surface area contributed by atoms with Gasteiger partial charge in [0.15, 0.2) is 0 Å². The summed E-state index contributed by atoms with van der Waals surface area (Å²) < 4.78 is 0. The Hall–Kier alpha value is -1.74. The number of benzene rings is 1. The lowest BCUT2D eigenvalue weighted by Crippen LogP contribution is -2.32. The quantitative estimate of drug-likeness (QED) is 0.780. The molecule has 0 aliphatic rings. The average molecular weight is 258 g/mol. The van der Waals surface area contributed by atoms with Crippen molar-refractivity contribution in [2.24, 2.45) is 0 Å². The zero-order chi connectivity index (χ0) is 13.8. The summed E-state index contributed by atoms with van der Waals surface area (Å²) in [6.07, 6.45) is 4.95. The zero-order valence-corrected chi connectivity index (χ0v) is 11.7.